The highest BCUT2D eigenvalue weighted by Gasteiger charge is 1.60. The summed E-state index contributed by atoms with van der Waals surface area (Å²) in [6.07, 6.45) is 3.40. The summed E-state index contributed by atoms with van der Waals surface area (Å²) >= 11 is 0. The predicted octanol–water partition coefficient (Wildman–Crippen LogP) is -1.03. The number of rotatable bonds is 0. The van der Waals surface area contributed by atoms with Crippen LogP contribution in [0.1, 0.15) is 0 Å². The number of amides is 1. The summed E-state index contributed by atoms with van der Waals surface area (Å²) in [5.74, 6) is 0. The van der Waals surface area contributed by atoms with Crippen molar-refractivity contribution >= 4 is 6.41 Å². The molecule has 0 aliphatic carbocycles. The van der Waals surface area contributed by atoms with E-state index in [1.807, 2.05) is 0 Å². The van der Waals surface area contributed by atoms with Crippen molar-refractivity contribution in [2.24, 2.45) is 5.73 Å². The maximum atomic E-state index is 8.58. The summed E-state index contributed by atoms with van der Waals surface area (Å²) in [5, 5.41) is 10.1. The molecule has 1 rings (SSSR count). The molecule has 0 unspecified atom stereocenters. The summed E-state index contributed by atoms with van der Waals surface area (Å²) in [7, 11) is 0. The first-order valence-electron chi connectivity index (χ1n) is 2.15. The molecule has 0 atom stereocenters. The second-order valence-electron chi connectivity index (χ2n) is 0.947. The van der Waals surface area contributed by atoms with Crippen LogP contribution < -0.4 is 5.73 Å². The van der Waals surface area contributed by atoms with Crippen LogP contribution in [-0.2, 0) is 4.79 Å². The Morgan fingerprint density at radius 3 is 1.89 bits per heavy atom. The zero-order valence-electron chi connectivity index (χ0n) is 4.64. The number of aromatic nitrogens is 3. The first kappa shape index (κ1) is 7.48. The van der Waals surface area contributed by atoms with Crippen molar-refractivity contribution in [2.45, 2.75) is 0 Å². The number of nitrogens with zero attached hydrogens (tertiary/aromatic N) is 3. The van der Waals surface area contributed by atoms with Crippen molar-refractivity contribution in [3.63, 3.8) is 0 Å². The lowest BCUT2D eigenvalue weighted by molar-refractivity contribution is -0.106. The van der Waals surface area contributed by atoms with E-state index >= 15 is 0 Å². The molecule has 1 aromatic rings. The fourth-order valence-corrected chi connectivity index (χ4v) is 0.205. The van der Waals surface area contributed by atoms with Gasteiger partial charge in [0.25, 0.3) is 0 Å². The van der Waals surface area contributed by atoms with E-state index in [0.29, 0.717) is 0 Å². The molecular formula is C4H6N4O. The predicted molar refractivity (Wildman–Crippen MR) is 30.1 cm³/mol. The lowest BCUT2D eigenvalue weighted by atomic mass is 10.7. The number of primary amides is 1. The van der Waals surface area contributed by atoms with Gasteiger partial charge in [0.1, 0.15) is 0 Å². The van der Waals surface area contributed by atoms with Crippen LogP contribution in [0.2, 0.25) is 0 Å². The van der Waals surface area contributed by atoms with E-state index in [2.05, 4.69) is 21.1 Å². The molecule has 0 saturated heterocycles. The molecule has 0 saturated carbocycles. The van der Waals surface area contributed by atoms with Gasteiger partial charge in [0.2, 0.25) is 6.41 Å². The van der Waals surface area contributed by atoms with Crippen LogP contribution >= 0.6 is 0 Å². The first-order chi connectivity index (χ1) is 4.41. The molecule has 0 aromatic carbocycles. The highest BCUT2D eigenvalue weighted by Crippen LogP contribution is 1.61. The van der Waals surface area contributed by atoms with Gasteiger partial charge < -0.3 is 5.73 Å². The van der Waals surface area contributed by atoms with E-state index in [0.717, 1.165) is 0 Å². The zero-order chi connectivity index (χ0) is 6.95. The van der Waals surface area contributed by atoms with Crippen molar-refractivity contribution in [1.82, 2.24) is 15.4 Å². The minimum atomic E-state index is 0.250. The molecule has 9 heavy (non-hydrogen) atoms. The first-order valence-corrected chi connectivity index (χ1v) is 2.15. The average Bonchev–Trinajstić information content (AvgIpc) is 1.93. The molecule has 1 amide bonds. The summed E-state index contributed by atoms with van der Waals surface area (Å²) in [6, 6.07) is 1.72. The van der Waals surface area contributed by atoms with Gasteiger partial charge in [-0.05, 0) is 11.3 Å². The number of carbonyl (C=O) groups excluding carboxylic acids is 1. The molecule has 0 aliphatic rings. The third kappa shape index (κ3) is 6.48. The molecule has 0 aliphatic heterocycles. The van der Waals surface area contributed by atoms with Gasteiger partial charge in [-0.25, -0.2) is 0 Å². The van der Waals surface area contributed by atoms with Gasteiger partial charge in [-0.15, -0.1) is 10.2 Å². The van der Waals surface area contributed by atoms with Crippen molar-refractivity contribution in [3.05, 3.63) is 18.5 Å². The van der Waals surface area contributed by atoms with Gasteiger partial charge in [0.15, 0.2) is 0 Å². The van der Waals surface area contributed by atoms with Gasteiger partial charge in [-0.1, -0.05) is 0 Å². The zero-order valence-corrected chi connectivity index (χ0v) is 4.64. The maximum Gasteiger partial charge on any atom is 0.204 e. The third-order valence-corrected chi connectivity index (χ3v) is 0.409. The number of carbonyl (C=O) groups is 1. The van der Waals surface area contributed by atoms with E-state index in [-0.39, 0.29) is 6.41 Å². The Morgan fingerprint density at radius 2 is 1.78 bits per heavy atom. The number of nitrogens with two attached hydrogens (primary N) is 1. The number of hydrogen-bond acceptors (Lipinski definition) is 4. The van der Waals surface area contributed by atoms with Crippen LogP contribution in [0.15, 0.2) is 18.5 Å². The summed E-state index contributed by atoms with van der Waals surface area (Å²) in [4.78, 5) is 8.58. The number of hydrogen-bond donors (Lipinski definition) is 1. The van der Waals surface area contributed by atoms with Gasteiger partial charge in [-0.2, -0.15) is 0 Å². The fraction of sp³-hybridized carbons (Fsp3) is 0. The van der Waals surface area contributed by atoms with Crippen molar-refractivity contribution in [1.29, 1.82) is 0 Å². The normalized spacial score (nSPS) is 6.67. The van der Waals surface area contributed by atoms with E-state index < -0.39 is 0 Å². The SMILES string of the molecule is NC=O.c1cnnnc1. The average molecular weight is 126 g/mol. The second kappa shape index (κ2) is 6.48. The lowest BCUT2D eigenvalue weighted by Crippen LogP contribution is -1.82. The standard InChI is InChI=1S/C3H3N3.CH3NO/c1-2-4-6-5-3-1;2-1-3/h1-3H;1H,(H2,2,3). The molecule has 5 nitrogen and oxygen atoms in total. The molecule has 5 heteroatoms. The molecule has 2 N–H and O–H groups in total. The molecular weight excluding hydrogens is 120 g/mol. The van der Waals surface area contributed by atoms with Crippen molar-refractivity contribution in [2.75, 3.05) is 0 Å². The smallest absolute Gasteiger partial charge is 0.204 e. The van der Waals surface area contributed by atoms with Crippen LogP contribution in [0.25, 0.3) is 0 Å². The van der Waals surface area contributed by atoms with E-state index in [1.165, 1.54) is 0 Å². The van der Waals surface area contributed by atoms with Gasteiger partial charge in [-0.3, -0.25) is 4.79 Å². The van der Waals surface area contributed by atoms with E-state index in [4.69, 9.17) is 4.79 Å². The fourth-order valence-electron chi connectivity index (χ4n) is 0.205. The molecule has 0 radical (unpaired) electrons. The van der Waals surface area contributed by atoms with Crippen LogP contribution in [-0.4, -0.2) is 21.8 Å². The van der Waals surface area contributed by atoms with Gasteiger partial charge >= 0.3 is 0 Å². The third-order valence-electron chi connectivity index (χ3n) is 0.409. The largest absolute Gasteiger partial charge is 0.372 e. The Kier molecular flexibility index (Phi) is 5.39. The Bertz CT molecular complexity index is 116. The van der Waals surface area contributed by atoms with Gasteiger partial charge in [0, 0.05) is 0 Å². The molecule has 1 heterocycles. The molecule has 0 spiro atoms. The van der Waals surface area contributed by atoms with Crippen LogP contribution in [0, 0.1) is 0 Å². The van der Waals surface area contributed by atoms with E-state index in [9.17, 15) is 0 Å². The highest BCUT2D eigenvalue weighted by molar-refractivity contribution is 5.42. The molecule has 0 bridgehead atoms. The monoisotopic (exact) mass is 126 g/mol. The summed E-state index contributed by atoms with van der Waals surface area (Å²) in [5.41, 5.74) is 4.17. The van der Waals surface area contributed by atoms with Gasteiger partial charge in [0.05, 0.1) is 12.4 Å². The Balaban J connectivity index is 0.000000187. The van der Waals surface area contributed by atoms with Crippen LogP contribution in [0.5, 0.6) is 0 Å². The minimum absolute atomic E-state index is 0.250. The molecule has 0 fully saturated rings. The quantitative estimate of drug-likeness (QED) is 0.451. The topological polar surface area (TPSA) is 81.8 Å². The van der Waals surface area contributed by atoms with Crippen LogP contribution in [0.4, 0.5) is 0 Å². The lowest BCUT2D eigenvalue weighted by Gasteiger charge is -1.68. The van der Waals surface area contributed by atoms with Crippen molar-refractivity contribution in [3.8, 4) is 0 Å². The minimum Gasteiger partial charge on any atom is -0.372 e. The van der Waals surface area contributed by atoms with E-state index in [1.54, 1.807) is 18.5 Å². The summed E-state index contributed by atoms with van der Waals surface area (Å²) in [6.45, 7) is 0. The maximum absolute atomic E-state index is 8.58. The molecule has 1 aromatic heterocycles. The Labute approximate surface area is 51.9 Å². The highest BCUT2D eigenvalue weighted by atomic mass is 16.1. The second-order valence-corrected chi connectivity index (χ2v) is 0.947. The Morgan fingerprint density at radius 1 is 1.33 bits per heavy atom. The van der Waals surface area contributed by atoms with Crippen LogP contribution in [0.3, 0.4) is 0 Å². The van der Waals surface area contributed by atoms with Crippen molar-refractivity contribution < 1.29 is 4.79 Å². The molecule has 48 valence electrons. The summed E-state index contributed by atoms with van der Waals surface area (Å²) < 4.78 is 0. The Hall–Kier alpha value is -1.52.